The first-order valence-electron chi connectivity index (χ1n) is 5.97. The van der Waals surface area contributed by atoms with Crippen molar-refractivity contribution in [3.05, 3.63) is 40.7 Å². The molecular formula is C13H14ClN5O2. The fourth-order valence-electron chi connectivity index (χ4n) is 1.83. The number of nitrogens with zero attached hydrogens (tertiary/aromatic N) is 3. The molecule has 0 aliphatic rings. The predicted octanol–water partition coefficient (Wildman–Crippen LogP) is 0.909. The zero-order valence-electron chi connectivity index (χ0n) is 11.5. The van der Waals surface area contributed by atoms with Gasteiger partial charge in [0, 0.05) is 26.0 Å². The summed E-state index contributed by atoms with van der Waals surface area (Å²) < 4.78 is 1.33. The molecule has 0 atom stereocenters. The lowest BCUT2D eigenvalue weighted by Gasteiger charge is -2.11. The van der Waals surface area contributed by atoms with Crippen molar-refractivity contribution >= 4 is 29.1 Å². The summed E-state index contributed by atoms with van der Waals surface area (Å²) in [4.78, 5) is 24.8. The van der Waals surface area contributed by atoms with Crippen LogP contribution in [-0.4, -0.2) is 40.6 Å². The summed E-state index contributed by atoms with van der Waals surface area (Å²) >= 11 is 6.12. The highest BCUT2D eigenvalue weighted by molar-refractivity contribution is 6.33. The van der Waals surface area contributed by atoms with Crippen LogP contribution in [0.4, 0.5) is 5.69 Å². The second kappa shape index (κ2) is 5.45. The smallest absolute Gasteiger partial charge is 0.273 e. The quantitative estimate of drug-likeness (QED) is 0.822. The van der Waals surface area contributed by atoms with Crippen LogP contribution in [0.2, 0.25) is 5.02 Å². The van der Waals surface area contributed by atoms with Crippen LogP contribution >= 0.6 is 11.6 Å². The summed E-state index contributed by atoms with van der Waals surface area (Å²) in [7, 11) is 3.23. The summed E-state index contributed by atoms with van der Waals surface area (Å²) in [5.74, 6) is -0.948. The first-order valence-corrected chi connectivity index (χ1v) is 6.35. The summed E-state index contributed by atoms with van der Waals surface area (Å²) in [5, 5.41) is 4.35. The van der Waals surface area contributed by atoms with Crippen LogP contribution in [0.3, 0.4) is 0 Å². The molecule has 7 nitrogen and oxygen atoms in total. The van der Waals surface area contributed by atoms with Crippen molar-refractivity contribution in [1.29, 1.82) is 0 Å². The van der Waals surface area contributed by atoms with Crippen LogP contribution < -0.4 is 11.5 Å². The maximum atomic E-state index is 11.9. The standard InChI is InChI=1S/C13H14ClN5O2/c1-18(2)13(21)10-3-4-19(17-10)11-8(12(16)20)5-7(15)6-9(11)14/h3-6H,15H2,1-2H3,(H2,16,20). The van der Waals surface area contributed by atoms with Crippen LogP contribution in [0.25, 0.3) is 5.69 Å². The minimum absolute atomic E-state index is 0.131. The topological polar surface area (TPSA) is 107 Å². The summed E-state index contributed by atoms with van der Waals surface area (Å²) in [5.41, 5.74) is 11.9. The van der Waals surface area contributed by atoms with E-state index in [0.29, 0.717) is 5.69 Å². The fraction of sp³-hybridized carbons (Fsp3) is 0.154. The molecule has 1 aromatic carbocycles. The van der Waals surface area contributed by atoms with Crippen molar-refractivity contribution in [3.63, 3.8) is 0 Å². The van der Waals surface area contributed by atoms with E-state index in [1.54, 1.807) is 14.1 Å². The van der Waals surface area contributed by atoms with Crippen molar-refractivity contribution in [2.75, 3.05) is 19.8 Å². The zero-order chi connectivity index (χ0) is 15.7. The van der Waals surface area contributed by atoms with E-state index in [-0.39, 0.29) is 27.9 Å². The normalized spacial score (nSPS) is 10.4. The Bertz CT molecular complexity index is 723. The molecule has 1 heterocycles. The predicted molar refractivity (Wildman–Crippen MR) is 79.5 cm³/mol. The van der Waals surface area contributed by atoms with Gasteiger partial charge in [0.2, 0.25) is 0 Å². The van der Waals surface area contributed by atoms with Gasteiger partial charge in [-0.15, -0.1) is 0 Å². The second-order valence-corrected chi connectivity index (χ2v) is 5.02. The number of primary amides is 1. The van der Waals surface area contributed by atoms with Crippen LogP contribution in [0.5, 0.6) is 0 Å². The lowest BCUT2D eigenvalue weighted by molar-refractivity contribution is 0.0821. The molecule has 110 valence electrons. The van der Waals surface area contributed by atoms with Crippen LogP contribution in [0.1, 0.15) is 20.8 Å². The van der Waals surface area contributed by atoms with Gasteiger partial charge in [0.1, 0.15) is 0 Å². The molecule has 0 spiro atoms. The molecule has 0 saturated heterocycles. The van der Waals surface area contributed by atoms with E-state index in [2.05, 4.69) is 5.10 Å². The van der Waals surface area contributed by atoms with Gasteiger partial charge in [-0.1, -0.05) is 11.6 Å². The summed E-state index contributed by atoms with van der Waals surface area (Å²) in [6.45, 7) is 0. The molecule has 21 heavy (non-hydrogen) atoms. The monoisotopic (exact) mass is 307 g/mol. The molecule has 0 fully saturated rings. The van der Waals surface area contributed by atoms with Gasteiger partial charge >= 0.3 is 0 Å². The number of carbonyl (C=O) groups is 2. The summed E-state index contributed by atoms with van der Waals surface area (Å²) in [6, 6.07) is 4.43. The Hall–Kier alpha value is -2.54. The number of amides is 2. The Morgan fingerprint density at radius 1 is 1.33 bits per heavy atom. The van der Waals surface area contributed by atoms with E-state index in [1.165, 1.54) is 34.0 Å². The van der Waals surface area contributed by atoms with Gasteiger partial charge < -0.3 is 16.4 Å². The number of benzene rings is 1. The molecule has 0 unspecified atom stereocenters. The Balaban J connectivity index is 2.57. The van der Waals surface area contributed by atoms with Gasteiger partial charge in [-0.3, -0.25) is 9.59 Å². The van der Waals surface area contributed by atoms with E-state index >= 15 is 0 Å². The lowest BCUT2D eigenvalue weighted by atomic mass is 10.1. The molecular weight excluding hydrogens is 294 g/mol. The number of halogens is 1. The first-order chi connectivity index (χ1) is 9.81. The van der Waals surface area contributed by atoms with Crippen LogP contribution in [-0.2, 0) is 0 Å². The largest absolute Gasteiger partial charge is 0.399 e. The third kappa shape index (κ3) is 2.82. The van der Waals surface area contributed by atoms with Gasteiger partial charge in [0.05, 0.1) is 16.3 Å². The van der Waals surface area contributed by atoms with Crippen LogP contribution in [0, 0.1) is 0 Å². The van der Waals surface area contributed by atoms with Gasteiger partial charge in [-0.2, -0.15) is 5.10 Å². The maximum absolute atomic E-state index is 11.9. The van der Waals surface area contributed by atoms with Crippen molar-refractivity contribution < 1.29 is 9.59 Å². The maximum Gasteiger partial charge on any atom is 0.273 e. The fourth-order valence-corrected chi connectivity index (χ4v) is 2.15. The average Bonchev–Trinajstić information content (AvgIpc) is 2.85. The van der Waals surface area contributed by atoms with E-state index in [9.17, 15) is 9.59 Å². The number of aromatic nitrogens is 2. The van der Waals surface area contributed by atoms with Gasteiger partial charge in [0.15, 0.2) is 5.69 Å². The molecule has 4 N–H and O–H groups in total. The molecule has 0 aliphatic heterocycles. The number of nitrogens with two attached hydrogens (primary N) is 2. The average molecular weight is 308 g/mol. The minimum atomic E-state index is -0.685. The highest BCUT2D eigenvalue weighted by atomic mass is 35.5. The Morgan fingerprint density at radius 2 is 2.00 bits per heavy atom. The van der Waals surface area contributed by atoms with Gasteiger partial charge in [-0.25, -0.2) is 4.68 Å². The molecule has 0 saturated carbocycles. The van der Waals surface area contributed by atoms with E-state index < -0.39 is 5.91 Å². The third-order valence-corrected chi connectivity index (χ3v) is 3.08. The Morgan fingerprint density at radius 3 is 2.57 bits per heavy atom. The molecule has 0 aliphatic carbocycles. The first kappa shape index (κ1) is 14.9. The molecule has 2 amide bonds. The molecule has 0 bridgehead atoms. The van der Waals surface area contributed by atoms with E-state index in [4.69, 9.17) is 23.1 Å². The van der Waals surface area contributed by atoms with Crippen molar-refractivity contribution in [2.45, 2.75) is 0 Å². The second-order valence-electron chi connectivity index (χ2n) is 4.61. The number of rotatable bonds is 3. The van der Waals surface area contributed by atoms with Gasteiger partial charge in [-0.05, 0) is 18.2 Å². The third-order valence-electron chi connectivity index (χ3n) is 2.79. The molecule has 0 radical (unpaired) electrons. The SMILES string of the molecule is CN(C)C(=O)c1ccn(-c2c(Cl)cc(N)cc2C(N)=O)n1. The molecule has 2 rings (SSSR count). The number of anilines is 1. The highest BCUT2D eigenvalue weighted by Crippen LogP contribution is 2.27. The lowest BCUT2D eigenvalue weighted by Crippen LogP contribution is -2.22. The summed E-state index contributed by atoms with van der Waals surface area (Å²) in [6.07, 6.45) is 1.53. The molecule has 8 heteroatoms. The van der Waals surface area contributed by atoms with Crippen molar-refractivity contribution in [3.8, 4) is 5.69 Å². The van der Waals surface area contributed by atoms with Crippen molar-refractivity contribution in [1.82, 2.24) is 14.7 Å². The van der Waals surface area contributed by atoms with Crippen LogP contribution in [0.15, 0.2) is 24.4 Å². The number of hydrogen-bond acceptors (Lipinski definition) is 4. The van der Waals surface area contributed by atoms with E-state index in [1.807, 2.05) is 0 Å². The minimum Gasteiger partial charge on any atom is -0.399 e. The van der Waals surface area contributed by atoms with Gasteiger partial charge in [0.25, 0.3) is 11.8 Å². The number of hydrogen-bond donors (Lipinski definition) is 2. The molecule has 2 aromatic rings. The molecule has 1 aromatic heterocycles. The number of nitrogen functional groups attached to an aromatic ring is 1. The van der Waals surface area contributed by atoms with E-state index in [0.717, 1.165) is 0 Å². The zero-order valence-corrected chi connectivity index (χ0v) is 12.3. The Labute approximate surface area is 126 Å². The Kier molecular flexibility index (Phi) is 3.86. The highest BCUT2D eigenvalue weighted by Gasteiger charge is 2.18. The number of carbonyl (C=O) groups excluding carboxylic acids is 2. The van der Waals surface area contributed by atoms with Crippen molar-refractivity contribution in [2.24, 2.45) is 5.73 Å².